The van der Waals surface area contributed by atoms with Gasteiger partial charge in [0.1, 0.15) is 12.4 Å². The molecule has 1 aromatic rings. The number of benzene rings is 1. The summed E-state index contributed by atoms with van der Waals surface area (Å²) in [6.07, 6.45) is 3.38. The largest absolute Gasteiger partial charge is 0.489 e. The number of hydrogen-bond donors (Lipinski definition) is 3. The average molecular weight is 322 g/mol. The van der Waals surface area contributed by atoms with Crippen molar-refractivity contribution in [1.82, 2.24) is 5.32 Å². The van der Waals surface area contributed by atoms with E-state index in [1.807, 2.05) is 18.2 Å². The van der Waals surface area contributed by atoms with Gasteiger partial charge in [-0.1, -0.05) is 12.1 Å². The van der Waals surface area contributed by atoms with E-state index in [1.165, 1.54) is 0 Å². The Hall–Kier alpha value is -1.79. The van der Waals surface area contributed by atoms with Gasteiger partial charge in [0.25, 0.3) is 0 Å². The number of para-hydroxylation sites is 2. The Balaban J connectivity index is 1.92. The van der Waals surface area contributed by atoms with Gasteiger partial charge in [-0.25, -0.2) is 4.79 Å². The van der Waals surface area contributed by atoms with E-state index in [2.05, 4.69) is 10.6 Å². The molecule has 0 bridgehead atoms. The molecule has 3 N–H and O–H groups in total. The molecule has 1 heterocycles. The van der Waals surface area contributed by atoms with Gasteiger partial charge in [0, 0.05) is 6.61 Å². The highest BCUT2D eigenvalue weighted by Crippen LogP contribution is 2.25. The van der Waals surface area contributed by atoms with Crippen LogP contribution in [0.2, 0.25) is 0 Å². The van der Waals surface area contributed by atoms with Crippen molar-refractivity contribution in [2.45, 2.75) is 44.8 Å². The van der Waals surface area contributed by atoms with Crippen molar-refractivity contribution in [3.05, 3.63) is 24.3 Å². The number of aliphatic hydroxyl groups excluding tert-OH is 1. The van der Waals surface area contributed by atoms with Crippen LogP contribution in [-0.2, 0) is 4.74 Å². The summed E-state index contributed by atoms with van der Waals surface area (Å²) in [5, 5.41) is 14.7. The number of ether oxygens (including phenoxy) is 2. The molecule has 2 rings (SSSR count). The maximum absolute atomic E-state index is 12.0. The summed E-state index contributed by atoms with van der Waals surface area (Å²) >= 11 is 0. The first-order chi connectivity index (χ1) is 11.0. The maximum atomic E-state index is 12.0. The molecule has 1 atom stereocenters. The third kappa shape index (κ3) is 5.73. The molecule has 6 nitrogen and oxygen atoms in total. The summed E-state index contributed by atoms with van der Waals surface area (Å²) in [4.78, 5) is 12.0. The van der Waals surface area contributed by atoms with Crippen LogP contribution < -0.4 is 15.4 Å². The molecule has 1 aromatic carbocycles. The summed E-state index contributed by atoms with van der Waals surface area (Å²) in [5.41, 5.74) is -0.0925. The molecule has 0 saturated carbocycles. The topological polar surface area (TPSA) is 79.8 Å². The summed E-state index contributed by atoms with van der Waals surface area (Å²) in [6.45, 7) is 4.61. The minimum atomic E-state index is -0.685. The standard InChI is InChI=1S/C17H26N2O4/c1-17(2,12-20)19-16(21)18-14-8-3-4-9-15(14)23-11-13-7-5-6-10-22-13/h3-4,8-9,13,20H,5-7,10-12H2,1-2H3,(H2,18,19,21). The third-order valence-electron chi connectivity index (χ3n) is 3.68. The van der Waals surface area contributed by atoms with Gasteiger partial charge >= 0.3 is 6.03 Å². The summed E-state index contributed by atoms with van der Waals surface area (Å²) in [5.74, 6) is 0.610. The van der Waals surface area contributed by atoms with Crippen molar-refractivity contribution in [2.24, 2.45) is 0 Å². The molecular formula is C17H26N2O4. The second kappa shape index (κ2) is 8.17. The van der Waals surface area contributed by atoms with Crippen molar-refractivity contribution in [3.63, 3.8) is 0 Å². The second-order valence-electron chi connectivity index (χ2n) is 6.42. The minimum Gasteiger partial charge on any atom is -0.489 e. The van der Waals surface area contributed by atoms with Crippen molar-refractivity contribution < 1.29 is 19.4 Å². The quantitative estimate of drug-likeness (QED) is 0.752. The Labute approximate surface area is 137 Å². The van der Waals surface area contributed by atoms with E-state index in [-0.39, 0.29) is 18.7 Å². The highest BCUT2D eigenvalue weighted by atomic mass is 16.5. The molecular weight excluding hydrogens is 296 g/mol. The van der Waals surface area contributed by atoms with Gasteiger partial charge < -0.3 is 25.2 Å². The van der Waals surface area contributed by atoms with Crippen molar-refractivity contribution in [3.8, 4) is 5.75 Å². The SMILES string of the molecule is CC(C)(CO)NC(=O)Nc1ccccc1OCC1CCCCO1. The number of amides is 2. The molecule has 1 aliphatic heterocycles. The highest BCUT2D eigenvalue weighted by Gasteiger charge is 2.20. The number of hydrogen-bond acceptors (Lipinski definition) is 4. The number of carbonyl (C=O) groups excluding carboxylic acids is 1. The smallest absolute Gasteiger partial charge is 0.319 e. The first-order valence-corrected chi connectivity index (χ1v) is 8.03. The van der Waals surface area contributed by atoms with Crippen LogP contribution in [0, 0.1) is 0 Å². The molecule has 1 unspecified atom stereocenters. The molecule has 6 heteroatoms. The number of rotatable bonds is 6. The van der Waals surface area contributed by atoms with Gasteiger partial charge in [-0.3, -0.25) is 0 Å². The Kier molecular flexibility index (Phi) is 6.24. The fourth-order valence-electron chi connectivity index (χ4n) is 2.32. The zero-order valence-corrected chi connectivity index (χ0v) is 13.8. The van der Waals surface area contributed by atoms with E-state index < -0.39 is 5.54 Å². The molecule has 0 radical (unpaired) electrons. The van der Waals surface area contributed by atoms with Gasteiger partial charge in [-0.2, -0.15) is 0 Å². The van der Waals surface area contributed by atoms with Crippen LogP contribution in [0.15, 0.2) is 24.3 Å². The number of aliphatic hydroxyl groups is 1. The Bertz CT molecular complexity index is 513. The predicted molar refractivity (Wildman–Crippen MR) is 88.8 cm³/mol. The summed E-state index contributed by atoms with van der Waals surface area (Å²) in [6, 6.07) is 6.90. The van der Waals surface area contributed by atoms with Crippen LogP contribution in [-0.4, -0.2) is 42.6 Å². The third-order valence-corrected chi connectivity index (χ3v) is 3.68. The lowest BCUT2D eigenvalue weighted by molar-refractivity contribution is -0.0109. The van der Waals surface area contributed by atoms with E-state index in [0.717, 1.165) is 25.9 Å². The van der Waals surface area contributed by atoms with Crippen molar-refractivity contribution >= 4 is 11.7 Å². The van der Waals surface area contributed by atoms with Gasteiger partial charge in [-0.15, -0.1) is 0 Å². The zero-order chi connectivity index (χ0) is 16.7. The molecule has 0 aliphatic carbocycles. The first-order valence-electron chi connectivity index (χ1n) is 8.03. The van der Waals surface area contributed by atoms with Gasteiger partial charge in [0.2, 0.25) is 0 Å². The fourth-order valence-corrected chi connectivity index (χ4v) is 2.32. The molecule has 1 saturated heterocycles. The second-order valence-corrected chi connectivity index (χ2v) is 6.42. The number of nitrogens with one attached hydrogen (secondary N) is 2. The monoisotopic (exact) mass is 322 g/mol. The predicted octanol–water partition coefficient (Wildman–Crippen LogP) is 2.53. The average Bonchev–Trinajstić information content (AvgIpc) is 2.54. The van der Waals surface area contributed by atoms with Crippen LogP contribution in [0.5, 0.6) is 5.75 Å². The molecule has 23 heavy (non-hydrogen) atoms. The van der Waals surface area contributed by atoms with Crippen LogP contribution in [0.3, 0.4) is 0 Å². The van der Waals surface area contributed by atoms with Crippen LogP contribution in [0.4, 0.5) is 10.5 Å². The van der Waals surface area contributed by atoms with Crippen LogP contribution in [0.25, 0.3) is 0 Å². The Morgan fingerprint density at radius 1 is 1.39 bits per heavy atom. The zero-order valence-electron chi connectivity index (χ0n) is 13.8. The molecule has 1 aliphatic rings. The van der Waals surface area contributed by atoms with E-state index in [1.54, 1.807) is 19.9 Å². The lowest BCUT2D eigenvalue weighted by atomic mass is 10.1. The molecule has 1 fully saturated rings. The Morgan fingerprint density at radius 2 is 2.17 bits per heavy atom. The molecule has 0 aromatic heterocycles. The van der Waals surface area contributed by atoms with E-state index in [0.29, 0.717) is 18.0 Å². The van der Waals surface area contributed by atoms with Crippen molar-refractivity contribution in [1.29, 1.82) is 0 Å². The molecule has 128 valence electrons. The lowest BCUT2D eigenvalue weighted by Crippen LogP contribution is -2.48. The maximum Gasteiger partial charge on any atom is 0.319 e. The van der Waals surface area contributed by atoms with Gasteiger partial charge in [0.15, 0.2) is 0 Å². The Morgan fingerprint density at radius 3 is 2.87 bits per heavy atom. The van der Waals surface area contributed by atoms with E-state index >= 15 is 0 Å². The minimum absolute atomic E-state index is 0.110. The van der Waals surface area contributed by atoms with Crippen LogP contribution >= 0.6 is 0 Å². The number of anilines is 1. The number of urea groups is 1. The van der Waals surface area contributed by atoms with Crippen molar-refractivity contribution in [2.75, 3.05) is 25.1 Å². The lowest BCUT2D eigenvalue weighted by Gasteiger charge is -2.25. The van der Waals surface area contributed by atoms with Gasteiger partial charge in [0.05, 0.1) is 23.9 Å². The van der Waals surface area contributed by atoms with Gasteiger partial charge in [-0.05, 0) is 45.2 Å². The van der Waals surface area contributed by atoms with Crippen LogP contribution in [0.1, 0.15) is 33.1 Å². The molecule has 2 amide bonds. The normalized spacial score (nSPS) is 18.3. The van der Waals surface area contributed by atoms with E-state index in [4.69, 9.17) is 9.47 Å². The number of carbonyl (C=O) groups is 1. The highest BCUT2D eigenvalue weighted by molar-refractivity contribution is 5.91. The summed E-state index contributed by atoms with van der Waals surface area (Å²) in [7, 11) is 0. The first kappa shape index (κ1) is 17.6. The summed E-state index contributed by atoms with van der Waals surface area (Å²) < 4.78 is 11.5. The molecule has 0 spiro atoms. The van der Waals surface area contributed by atoms with E-state index in [9.17, 15) is 9.90 Å². The fraction of sp³-hybridized carbons (Fsp3) is 0.588.